The van der Waals surface area contributed by atoms with Crippen molar-refractivity contribution in [2.45, 2.75) is 13.8 Å². The van der Waals surface area contributed by atoms with Gasteiger partial charge in [0.05, 0.1) is 5.97 Å². The molecule has 0 aliphatic carbocycles. The van der Waals surface area contributed by atoms with Gasteiger partial charge >= 0.3 is 0 Å². The van der Waals surface area contributed by atoms with E-state index in [1.54, 1.807) is 18.2 Å². The van der Waals surface area contributed by atoms with Gasteiger partial charge in [0.15, 0.2) is 0 Å². The molecule has 0 aliphatic heterocycles. The van der Waals surface area contributed by atoms with Crippen LogP contribution < -0.4 is 14.6 Å². The van der Waals surface area contributed by atoms with Crippen molar-refractivity contribution < 1.29 is 19.4 Å². The van der Waals surface area contributed by atoms with E-state index in [2.05, 4.69) is 4.98 Å². The topological polar surface area (TPSA) is 74.4 Å². The lowest BCUT2D eigenvalue weighted by molar-refractivity contribution is -0.255. The maximum atomic E-state index is 11.1. The van der Waals surface area contributed by atoms with Crippen LogP contribution in [0.2, 0.25) is 0 Å². The van der Waals surface area contributed by atoms with Gasteiger partial charge in [-0.3, -0.25) is 0 Å². The van der Waals surface area contributed by atoms with Crippen LogP contribution in [0, 0.1) is 13.8 Å². The van der Waals surface area contributed by atoms with E-state index < -0.39 is 5.97 Å². The van der Waals surface area contributed by atoms with Gasteiger partial charge in [0.2, 0.25) is 0 Å². The van der Waals surface area contributed by atoms with Gasteiger partial charge in [-0.05, 0) is 54.8 Å². The molecule has 0 saturated heterocycles. The van der Waals surface area contributed by atoms with Crippen LogP contribution in [0.3, 0.4) is 0 Å². The molecule has 0 saturated carbocycles. The molecule has 5 heteroatoms. The van der Waals surface area contributed by atoms with Crippen LogP contribution in [0.25, 0.3) is 22.2 Å². The van der Waals surface area contributed by atoms with Crippen molar-refractivity contribution in [1.82, 2.24) is 4.98 Å². The highest BCUT2D eigenvalue weighted by atomic mass is 16.5. The Balaban J connectivity index is 1.48. The molecular weight excluding hydrogens is 378 g/mol. The number of aryl methyl sites for hydroxylation is 2. The first-order valence-corrected chi connectivity index (χ1v) is 9.77. The Morgan fingerprint density at radius 3 is 2.37 bits per heavy atom. The summed E-state index contributed by atoms with van der Waals surface area (Å²) in [4.78, 5) is 14.4. The number of fused-ring (bicyclic) bond motifs is 1. The molecule has 4 rings (SSSR count). The van der Waals surface area contributed by atoms with Crippen LogP contribution >= 0.6 is 0 Å². The van der Waals surface area contributed by atoms with E-state index in [0.717, 1.165) is 44.8 Å². The molecule has 1 heterocycles. The van der Waals surface area contributed by atoms with Crippen LogP contribution in [0.5, 0.6) is 11.5 Å². The van der Waals surface area contributed by atoms with Crippen molar-refractivity contribution >= 4 is 16.9 Å². The largest absolute Gasteiger partial charge is 0.545 e. The second-order valence-electron chi connectivity index (χ2n) is 7.22. The highest BCUT2D eigenvalue weighted by Crippen LogP contribution is 2.29. The number of rotatable bonds is 7. The van der Waals surface area contributed by atoms with Crippen LogP contribution in [0.15, 0.2) is 66.7 Å². The van der Waals surface area contributed by atoms with Gasteiger partial charge in [0.25, 0.3) is 0 Å². The zero-order chi connectivity index (χ0) is 21.1. The predicted molar refractivity (Wildman–Crippen MR) is 115 cm³/mol. The molecule has 152 valence electrons. The number of carbonyl (C=O) groups is 1. The fourth-order valence-corrected chi connectivity index (χ4v) is 3.35. The zero-order valence-corrected chi connectivity index (χ0v) is 16.9. The zero-order valence-electron chi connectivity index (χ0n) is 16.9. The molecule has 5 nitrogen and oxygen atoms in total. The summed E-state index contributed by atoms with van der Waals surface area (Å²) < 4.78 is 11.8. The van der Waals surface area contributed by atoms with Crippen molar-refractivity contribution in [3.63, 3.8) is 0 Å². The Bertz CT molecular complexity index is 1210. The Morgan fingerprint density at radius 2 is 1.60 bits per heavy atom. The summed E-state index contributed by atoms with van der Waals surface area (Å²) >= 11 is 0. The minimum absolute atomic E-state index is 0.150. The minimum atomic E-state index is -1.19. The number of H-pyrrole nitrogens is 1. The van der Waals surface area contributed by atoms with Crippen molar-refractivity contribution in [2.24, 2.45) is 0 Å². The van der Waals surface area contributed by atoms with Gasteiger partial charge in [-0.15, -0.1) is 0 Å². The summed E-state index contributed by atoms with van der Waals surface area (Å²) in [5, 5.41) is 12.0. The van der Waals surface area contributed by atoms with E-state index in [4.69, 9.17) is 9.47 Å². The number of carboxylic acid groups (broad SMARTS) is 1. The molecule has 30 heavy (non-hydrogen) atoms. The Hall–Kier alpha value is -3.73. The standard InChI is InChI=1S/C25H23NO4/c1-16-5-3-4-6-23(16)29-11-12-30-24-15-19(8-7-17(24)2)21-13-18-9-10-20(25(27)28)14-22(18)26-21/h3-10,13-15,26H,11-12H2,1-2H3,(H,27,28)/p-1. The van der Waals surface area contributed by atoms with Gasteiger partial charge in [0, 0.05) is 22.2 Å². The molecule has 4 aromatic rings. The first-order chi connectivity index (χ1) is 14.5. The molecule has 0 atom stereocenters. The molecular formula is C25H22NO4-. The average molecular weight is 400 g/mol. The van der Waals surface area contributed by atoms with Crippen molar-refractivity contribution in [1.29, 1.82) is 0 Å². The molecule has 0 unspecified atom stereocenters. The van der Waals surface area contributed by atoms with Gasteiger partial charge in [0.1, 0.15) is 24.7 Å². The summed E-state index contributed by atoms with van der Waals surface area (Å²) in [6.45, 7) is 4.89. The smallest absolute Gasteiger partial charge is 0.123 e. The molecule has 0 fully saturated rings. The number of aromatic amines is 1. The van der Waals surface area contributed by atoms with E-state index in [0.29, 0.717) is 13.2 Å². The van der Waals surface area contributed by atoms with E-state index in [1.807, 2.05) is 62.4 Å². The van der Waals surface area contributed by atoms with Crippen LogP contribution in [-0.4, -0.2) is 24.2 Å². The molecule has 0 aliphatic rings. The Kier molecular flexibility index (Phi) is 5.44. The van der Waals surface area contributed by atoms with Crippen molar-refractivity contribution in [3.05, 3.63) is 83.4 Å². The Labute approximate surface area is 174 Å². The van der Waals surface area contributed by atoms with Gasteiger partial charge in [-0.1, -0.05) is 42.5 Å². The van der Waals surface area contributed by atoms with E-state index in [-0.39, 0.29) is 5.56 Å². The molecule has 0 radical (unpaired) electrons. The van der Waals surface area contributed by atoms with Gasteiger partial charge in [-0.25, -0.2) is 0 Å². The number of ether oxygens (including phenoxy) is 2. The molecule has 0 amide bonds. The molecule has 1 aromatic heterocycles. The maximum absolute atomic E-state index is 11.1. The fraction of sp³-hybridized carbons (Fsp3) is 0.160. The number of benzene rings is 3. The minimum Gasteiger partial charge on any atom is -0.545 e. The predicted octanol–water partition coefficient (Wildman–Crippen LogP) is 4.27. The first-order valence-electron chi connectivity index (χ1n) is 9.77. The second kappa shape index (κ2) is 8.33. The van der Waals surface area contributed by atoms with Crippen molar-refractivity contribution in [3.8, 4) is 22.8 Å². The van der Waals surface area contributed by atoms with Crippen molar-refractivity contribution in [2.75, 3.05) is 13.2 Å². The number of carboxylic acids is 1. The summed E-state index contributed by atoms with van der Waals surface area (Å²) in [6, 6.07) is 20.8. The van der Waals surface area contributed by atoms with Crippen LogP contribution in [0.1, 0.15) is 21.5 Å². The highest BCUT2D eigenvalue weighted by Gasteiger charge is 2.08. The summed E-state index contributed by atoms with van der Waals surface area (Å²) in [6.07, 6.45) is 0. The number of aromatic carboxylic acids is 1. The fourth-order valence-electron chi connectivity index (χ4n) is 3.35. The second-order valence-corrected chi connectivity index (χ2v) is 7.22. The third-order valence-electron chi connectivity index (χ3n) is 5.05. The number of hydrogen-bond donors (Lipinski definition) is 1. The third-order valence-corrected chi connectivity index (χ3v) is 5.05. The first kappa shape index (κ1) is 19.6. The number of carbonyl (C=O) groups excluding carboxylic acids is 1. The van der Waals surface area contributed by atoms with E-state index in [9.17, 15) is 9.90 Å². The molecule has 1 N–H and O–H groups in total. The van der Waals surface area contributed by atoms with Crippen LogP contribution in [-0.2, 0) is 0 Å². The Morgan fingerprint density at radius 1 is 0.867 bits per heavy atom. The van der Waals surface area contributed by atoms with E-state index in [1.165, 1.54) is 0 Å². The molecule has 0 spiro atoms. The van der Waals surface area contributed by atoms with Crippen LogP contribution in [0.4, 0.5) is 0 Å². The number of para-hydroxylation sites is 1. The highest BCUT2D eigenvalue weighted by molar-refractivity contribution is 5.94. The lowest BCUT2D eigenvalue weighted by Crippen LogP contribution is -2.21. The quantitative estimate of drug-likeness (QED) is 0.470. The van der Waals surface area contributed by atoms with E-state index >= 15 is 0 Å². The number of aromatic nitrogens is 1. The number of hydrogen-bond acceptors (Lipinski definition) is 4. The maximum Gasteiger partial charge on any atom is 0.123 e. The molecule has 0 bridgehead atoms. The lowest BCUT2D eigenvalue weighted by atomic mass is 10.1. The number of nitrogens with one attached hydrogen (secondary N) is 1. The average Bonchev–Trinajstić information content (AvgIpc) is 3.17. The van der Waals surface area contributed by atoms with Gasteiger partial charge < -0.3 is 24.4 Å². The monoisotopic (exact) mass is 400 g/mol. The summed E-state index contributed by atoms with van der Waals surface area (Å²) in [5.41, 5.74) is 4.88. The van der Waals surface area contributed by atoms with Gasteiger partial charge in [-0.2, -0.15) is 0 Å². The molecule has 3 aromatic carbocycles. The summed E-state index contributed by atoms with van der Waals surface area (Å²) in [7, 11) is 0. The lowest BCUT2D eigenvalue weighted by Gasteiger charge is -2.12. The normalized spacial score (nSPS) is 10.9. The third kappa shape index (κ3) is 4.15. The summed E-state index contributed by atoms with van der Waals surface area (Å²) in [5.74, 6) is 0.461. The SMILES string of the molecule is Cc1ccccc1OCCOc1cc(-c2cc3ccc(C(=O)[O-])cc3[nH]2)ccc1C.